The van der Waals surface area contributed by atoms with E-state index in [4.69, 9.17) is 37.9 Å². The molecular formula is C33H34O14. The van der Waals surface area contributed by atoms with Crippen molar-refractivity contribution in [2.24, 2.45) is 5.92 Å². The van der Waals surface area contributed by atoms with Crippen molar-refractivity contribution in [3.63, 3.8) is 0 Å². The monoisotopic (exact) mass is 654 g/mol. The number of ketones is 1. The third-order valence-corrected chi connectivity index (χ3v) is 7.34. The van der Waals surface area contributed by atoms with Gasteiger partial charge in [-0.15, -0.1) is 0 Å². The summed E-state index contributed by atoms with van der Waals surface area (Å²) in [5.41, 5.74) is 0.814. The first kappa shape index (κ1) is 33.0. The van der Waals surface area contributed by atoms with E-state index in [1.54, 1.807) is 38.1 Å². The Balaban J connectivity index is 1.38. The second kappa shape index (κ2) is 14.4. The number of ether oxygens (including phenoxy) is 8. The summed E-state index contributed by atoms with van der Waals surface area (Å²) in [5, 5.41) is 31.5. The van der Waals surface area contributed by atoms with E-state index in [0.717, 1.165) is 0 Å². The van der Waals surface area contributed by atoms with Gasteiger partial charge < -0.3 is 53.2 Å². The average Bonchev–Trinajstić information content (AvgIpc) is 3.07. The molecule has 0 fully saturated rings. The molecule has 3 aliphatic rings. The average molecular weight is 655 g/mol. The van der Waals surface area contributed by atoms with E-state index in [2.05, 4.69) is 0 Å². The minimum absolute atomic E-state index is 0.0816. The smallest absolute Gasteiger partial charge is 0.344 e. The minimum atomic E-state index is -1.22. The number of esters is 2. The predicted molar refractivity (Wildman–Crippen MR) is 161 cm³/mol. The highest BCUT2D eigenvalue weighted by molar-refractivity contribution is 6.04. The van der Waals surface area contributed by atoms with Gasteiger partial charge in [0.2, 0.25) is 11.5 Å². The van der Waals surface area contributed by atoms with Crippen LogP contribution >= 0.6 is 0 Å². The van der Waals surface area contributed by atoms with Crippen molar-refractivity contribution in [3.8, 4) is 23.0 Å². The molecule has 3 N–H and O–H groups in total. The zero-order chi connectivity index (χ0) is 33.7. The fraction of sp³-hybridized carbons (Fsp3) is 0.364. The topological polar surface area (TPSA) is 186 Å². The van der Waals surface area contributed by atoms with Crippen LogP contribution in [0.2, 0.25) is 0 Å². The van der Waals surface area contributed by atoms with Gasteiger partial charge in [-0.3, -0.25) is 4.79 Å². The lowest BCUT2D eigenvalue weighted by molar-refractivity contribution is -0.147. The highest BCUT2D eigenvalue weighted by Gasteiger charge is 2.44. The third-order valence-electron chi connectivity index (χ3n) is 7.34. The standard InChI is InChI=1S/C33H34O14/c1-4-41-27(36)15-43-19-12-20(35)29-25(13-19)47-33(31(39)30(29)38)18-7-9-22-24(11-18)46-32(26(14-34)45-22)17-6-8-21(23(10-17)40-3)44-16-28(37)42-5-2/h6-13,25-26,29,32,34-35,39H,4-5,14-16H2,1-3H3. The molecule has 2 heterocycles. The van der Waals surface area contributed by atoms with Crippen LogP contribution in [0.3, 0.4) is 0 Å². The first-order valence-corrected chi connectivity index (χ1v) is 14.8. The summed E-state index contributed by atoms with van der Waals surface area (Å²) in [6.45, 7) is 2.60. The Morgan fingerprint density at radius 3 is 2.28 bits per heavy atom. The molecule has 250 valence electrons. The van der Waals surface area contributed by atoms with Crippen molar-refractivity contribution in [2.75, 3.05) is 40.1 Å². The van der Waals surface area contributed by atoms with Gasteiger partial charge in [0.1, 0.15) is 23.5 Å². The molecule has 0 amide bonds. The van der Waals surface area contributed by atoms with Gasteiger partial charge in [0.05, 0.1) is 26.9 Å². The van der Waals surface area contributed by atoms with Gasteiger partial charge in [-0.25, -0.2) is 9.59 Å². The molecule has 4 unspecified atom stereocenters. The number of aliphatic hydroxyl groups is 3. The fourth-order valence-corrected chi connectivity index (χ4v) is 5.20. The first-order valence-electron chi connectivity index (χ1n) is 14.8. The summed E-state index contributed by atoms with van der Waals surface area (Å²) in [6, 6.07) is 9.46. The SMILES string of the molecule is CCOC(=O)COC1=CC2OC(c3ccc4c(c3)OC(c3ccc(OCC(=O)OCC)c(OC)c3)C(CO)O4)=C(O)C(=O)C2C(O)=C1. The highest BCUT2D eigenvalue weighted by atomic mass is 16.6. The maximum absolute atomic E-state index is 13.2. The lowest BCUT2D eigenvalue weighted by atomic mass is 9.86. The zero-order valence-corrected chi connectivity index (χ0v) is 25.8. The van der Waals surface area contributed by atoms with Crippen molar-refractivity contribution in [1.29, 1.82) is 0 Å². The van der Waals surface area contributed by atoms with Crippen molar-refractivity contribution < 1.29 is 67.6 Å². The molecule has 0 saturated heterocycles. The van der Waals surface area contributed by atoms with Crippen LogP contribution in [0.15, 0.2) is 65.8 Å². The fourth-order valence-electron chi connectivity index (χ4n) is 5.20. The predicted octanol–water partition coefficient (Wildman–Crippen LogP) is 3.24. The molecule has 14 heteroatoms. The Kier molecular flexibility index (Phi) is 10.1. The van der Waals surface area contributed by atoms with Crippen LogP contribution in [-0.4, -0.2) is 85.4 Å². The van der Waals surface area contributed by atoms with Crippen molar-refractivity contribution >= 4 is 23.5 Å². The summed E-state index contributed by atoms with van der Waals surface area (Å²) < 4.78 is 44.4. The number of carbonyl (C=O) groups is 3. The van der Waals surface area contributed by atoms with Gasteiger partial charge in [0, 0.05) is 17.2 Å². The maximum Gasteiger partial charge on any atom is 0.344 e. The molecule has 0 radical (unpaired) electrons. The van der Waals surface area contributed by atoms with Crippen molar-refractivity contribution in [2.45, 2.75) is 32.2 Å². The van der Waals surface area contributed by atoms with E-state index in [1.807, 2.05) is 0 Å². The number of aliphatic hydroxyl groups excluding tert-OH is 3. The maximum atomic E-state index is 13.2. The molecule has 0 aromatic heterocycles. The van der Waals surface area contributed by atoms with Gasteiger partial charge in [-0.05, 0) is 50.3 Å². The Morgan fingerprint density at radius 2 is 1.60 bits per heavy atom. The molecule has 0 spiro atoms. The van der Waals surface area contributed by atoms with Gasteiger partial charge in [-0.2, -0.15) is 0 Å². The Morgan fingerprint density at radius 1 is 0.872 bits per heavy atom. The minimum Gasteiger partial charge on any atom is -0.511 e. The summed E-state index contributed by atoms with van der Waals surface area (Å²) >= 11 is 0. The normalized spacial score (nSPS) is 21.4. The number of methoxy groups -OCH3 is 1. The number of Topliss-reactive ketones (excluding diaryl/α,β-unsaturated/α-hetero) is 1. The van der Waals surface area contributed by atoms with Crippen LogP contribution in [0.25, 0.3) is 5.76 Å². The van der Waals surface area contributed by atoms with Crippen LogP contribution < -0.4 is 18.9 Å². The van der Waals surface area contributed by atoms with Crippen molar-refractivity contribution in [3.05, 3.63) is 77.0 Å². The molecule has 1 aliphatic carbocycles. The summed E-state index contributed by atoms with van der Waals surface area (Å²) in [5.74, 6) is -3.26. The molecule has 14 nitrogen and oxygen atoms in total. The molecule has 2 aromatic rings. The van der Waals surface area contributed by atoms with Crippen molar-refractivity contribution in [1.82, 2.24) is 0 Å². The molecule has 5 rings (SSSR count). The molecule has 0 saturated carbocycles. The quantitative estimate of drug-likeness (QED) is 0.283. The van der Waals surface area contributed by atoms with Gasteiger partial charge in [0.15, 0.2) is 54.2 Å². The van der Waals surface area contributed by atoms with Gasteiger partial charge in [0.25, 0.3) is 0 Å². The molecule has 47 heavy (non-hydrogen) atoms. The van der Waals surface area contributed by atoms with E-state index >= 15 is 0 Å². The van der Waals surface area contributed by atoms with E-state index in [0.29, 0.717) is 17.1 Å². The number of fused-ring (bicyclic) bond motifs is 2. The number of rotatable bonds is 12. The molecular weight excluding hydrogens is 620 g/mol. The first-order chi connectivity index (χ1) is 22.7. The Bertz CT molecular complexity index is 1620. The van der Waals surface area contributed by atoms with E-state index in [9.17, 15) is 29.7 Å². The van der Waals surface area contributed by atoms with E-state index in [-0.39, 0.29) is 48.4 Å². The summed E-state index contributed by atoms with van der Waals surface area (Å²) in [6.07, 6.45) is -0.122. The van der Waals surface area contributed by atoms with Crippen LogP contribution in [0, 0.1) is 5.92 Å². The second-order valence-corrected chi connectivity index (χ2v) is 10.4. The highest BCUT2D eigenvalue weighted by Crippen LogP contribution is 2.44. The van der Waals surface area contributed by atoms with E-state index < -0.39 is 66.7 Å². The number of carbonyl (C=O) groups excluding carboxylic acids is 3. The number of hydrogen-bond donors (Lipinski definition) is 3. The van der Waals surface area contributed by atoms with Crippen LogP contribution in [0.4, 0.5) is 0 Å². The van der Waals surface area contributed by atoms with E-state index in [1.165, 1.54) is 31.4 Å². The molecule has 0 bridgehead atoms. The Hall–Kier alpha value is -5.37. The lowest BCUT2D eigenvalue weighted by Gasteiger charge is -2.35. The molecule has 4 atom stereocenters. The van der Waals surface area contributed by atoms with Crippen LogP contribution in [-0.2, 0) is 33.3 Å². The number of benzene rings is 2. The van der Waals surface area contributed by atoms with Gasteiger partial charge in [-0.1, -0.05) is 6.07 Å². The van der Waals surface area contributed by atoms with Crippen LogP contribution in [0.5, 0.6) is 23.0 Å². The zero-order valence-electron chi connectivity index (χ0n) is 25.8. The molecule has 2 aromatic carbocycles. The number of allylic oxidation sites excluding steroid dienone is 2. The van der Waals surface area contributed by atoms with Crippen LogP contribution in [0.1, 0.15) is 31.1 Å². The summed E-state index contributed by atoms with van der Waals surface area (Å²) in [7, 11) is 1.43. The van der Waals surface area contributed by atoms with Gasteiger partial charge >= 0.3 is 11.9 Å². The number of hydrogen-bond acceptors (Lipinski definition) is 14. The molecule has 2 aliphatic heterocycles. The Labute approximate surface area is 269 Å². The second-order valence-electron chi connectivity index (χ2n) is 10.4. The third kappa shape index (κ3) is 7.07. The lowest BCUT2D eigenvalue weighted by Crippen LogP contribution is -2.38. The summed E-state index contributed by atoms with van der Waals surface area (Å²) in [4.78, 5) is 36.6. The largest absolute Gasteiger partial charge is 0.511 e.